The first-order valence-corrected chi connectivity index (χ1v) is 26.1. The molecule has 5 aromatic heterocycles. The molecule has 17 nitrogen and oxygen atoms in total. The van der Waals surface area contributed by atoms with Crippen molar-refractivity contribution in [3.63, 3.8) is 0 Å². The summed E-state index contributed by atoms with van der Waals surface area (Å²) in [6, 6.07) is 67.0. The van der Waals surface area contributed by atoms with Gasteiger partial charge in [0.15, 0.2) is 16.2 Å². The minimum absolute atomic E-state index is 0. The van der Waals surface area contributed by atoms with Crippen LogP contribution < -0.4 is 29.5 Å². The number of ether oxygens (including phenoxy) is 3. The Kier molecular flexibility index (Phi) is 19.8. The predicted octanol–water partition coefficient (Wildman–Crippen LogP) is 6.19. The van der Waals surface area contributed by atoms with E-state index in [0.717, 1.165) is 22.5 Å². The molecule has 0 N–H and O–H groups in total. The Morgan fingerprint density at radius 2 is 0.565 bits per heavy atom. The minimum Gasteiger partial charge on any atom is -0.548 e. The van der Waals surface area contributed by atoms with E-state index in [1.807, 2.05) is 85.2 Å². The third-order valence-corrected chi connectivity index (χ3v) is 13.8. The minimum atomic E-state index is -1.89. The first-order chi connectivity index (χ1) is 40.9. The number of esters is 3. The first kappa shape index (κ1) is 60.4. The number of carbonyl (C=O) groups excluding carboxylic acids is 6. The summed E-state index contributed by atoms with van der Waals surface area (Å²) < 4.78 is 15.5. The van der Waals surface area contributed by atoms with Gasteiger partial charge in [-0.25, -0.2) is 0 Å². The number of nitrogens with zero attached hydrogens (tertiary/aromatic N) is 5. The van der Waals surface area contributed by atoms with Crippen molar-refractivity contribution in [1.82, 2.24) is 24.9 Å². The number of carboxylic acids is 3. The van der Waals surface area contributed by atoms with Crippen LogP contribution in [0, 0.1) is 0 Å². The molecule has 0 saturated carbocycles. The van der Waals surface area contributed by atoms with Gasteiger partial charge in [-0.2, -0.15) is 0 Å². The van der Waals surface area contributed by atoms with Gasteiger partial charge in [-0.1, -0.05) is 146 Å². The second kappa shape index (κ2) is 27.9. The van der Waals surface area contributed by atoms with E-state index in [1.54, 1.807) is 109 Å². The van der Waals surface area contributed by atoms with Crippen LogP contribution in [0.3, 0.4) is 0 Å². The summed E-state index contributed by atoms with van der Waals surface area (Å²) >= 11 is 0. The van der Waals surface area contributed by atoms with Gasteiger partial charge >= 0.3 is 38.0 Å². The number of benzene rings is 5. The maximum atomic E-state index is 12.2. The zero-order valence-electron chi connectivity index (χ0n) is 44.8. The Balaban J connectivity index is 0.000000140. The normalized spacial score (nSPS) is 17.5. The number of carbonyl (C=O) groups is 6. The molecule has 3 aliphatic rings. The fraction of sp³-hybridized carbons (Fsp3) is 0.0896. The zero-order valence-corrected chi connectivity index (χ0v) is 47.2. The Hall–Kier alpha value is -10.7. The standard InChI is InChI=1S/3C15H11NO4.2C11H9N.Ir/c3*17-13(18)15(12-7-3-4-8-16-12)9-10-5-1-2-6-11(10)20-14(15)19;2*1-2-6-10(7-3-1)11-8-4-5-9-12-11;/h3*1-8H,9H2,(H,17,18);2*1-9H;/q;;;;;+3/p-3. The van der Waals surface area contributed by atoms with Crippen LogP contribution in [0.1, 0.15) is 33.8 Å². The van der Waals surface area contributed by atoms with Gasteiger partial charge in [0.25, 0.3) is 0 Å². The summed E-state index contributed by atoms with van der Waals surface area (Å²) in [6.07, 6.45) is 7.85. The van der Waals surface area contributed by atoms with Crippen LogP contribution in [0.2, 0.25) is 0 Å². The molecule has 0 spiro atoms. The number of fused-ring (bicyclic) bond motifs is 3. The Labute approximate surface area is 501 Å². The van der Waals surface area contributed by atoms with Crippen LogP contribution in [-0.2, 0) is 84.4 Å². The molecule has 10 aromatic rings. The van der Waals surface area contributed by atoms with E-state index in [-0.39, 0.29) is 56.4 Å². The Morgan fingerprint density at radius 1 is 0.318 bits per heavy atom. The van der Waals surface area contributed by atoms with E-state index in [0.29, 0.717) is 33.9 Å². The predicted molar refractivity (Wildman–Crippen MR) is 299 cm³/mol. The van der Waals surface area contributed by atoms with Gasteiger partial charge in [-0.05, 0) is 95.6 Å². The van der Waals surface area contributed by atoms with E-state index >= 15 is 0 Å². The van der Waals surface area contributed by atoms with E-state index in [4.69, 9.17) is 14.2 Å². The number of pyridine rings is 5. The number of hydrogen-bond donors (Lipinski definition) is 0. The quantitative estimate of drug-likeness (QED) is 0.0933. The van der Waals surface area contributed by atoms with Gasteiger partial charge < -0.3 is 43.9 Å². The largest absolute Gasteiger partial charge is 3.00 e. The van der Waals surface area contributed by atoms with Crippen molar-refractivity contribution in [2.24, 2.45) is 0 Å². The van der Waals surface area contributed by atoms with Crippen LogP contribution in [0.4, 0.5) is 0 Å². The topological polar surface area (TPSA) is 264 Å². The summed E-state index contributed by atoms with van der Waals surface area (Å²) in [5, 5.41) is 34.9. The van der Waals surface area contributed by atoms with Crippen molar-refractivity contribution < 1.29 is 78.4 Å². The number of para-hydroxylation sites is 3. The molecule has 0 radical (unpaired) electrons. The SMILES string of the molecule is O=C([O-])C1(c2ccccn2)Cc2ccccc2OC1=O.O=C([O-])C1(c2ccccn2)Cc2ccccc2OC1=O.O=C([O-])C1(c2ccccn2)Cc2ccccc2OC1=O.[Ir+3].c1ccc(-c2ccccn2)cc1.c1ccc(-c2ccccn2)cc1. The molecule has 0 bridgehead atoms. The van der Waals surface area contributed by atoms with Crippen molar-refractivity contribution >= 4 is 35.8 Å². The third kappa shape index (κ3) is 13.3. The van der Waals surface area contributed by atoms with Gasteiger partial charge in [-0.3, -0.25) is 39.3 Å². The molecule has 5 aromatic carbocycles. The fourth-order valence-electron chi connectivity index (χ4n) is 9.38. The summed E-state index contributed by atoms with van der Waals surface area (Å²) in [4.78, 5) is 92.1. The number of hydrogen-bond acceptors (Lipinski definition) is 17. The Bertz CT molecular complexity index is 3480. The van der Waals surface area contributed by atoms with Crippen molar-refractivity contribution in [3.05, 3.63) is 289 Å². The van der Waals surface area contributed by atoms with Gasteiger partial charge in [0.2, 0.25) is 0 Å². The van der Waals surface area contributed by atoms with E-state index in [9.17, 15) is 44.1 Å². The number of rotatable bonds is 8. The molecular formula is C67H48IrN5O12. The molecule has 8 heterocycles. The van der Waals surface area contributed by atoms with Crippen LogP contribution in [-0.4, -0.2) is 60.7 Å². The fourth-order valence-corrected chi connectivity index (χ4v) is 9.38. The molecular weight excluding hydrogens is 1260 g/mol. The Morgan fingerprint density at radius 3 is 0.812 bits per heavy atom. The van der Waals surface area contributed by atoms with Gasteiger partial charge in [-0.15, -0.1) is 0 Å². The van der Waals surface area contributed by atoms with E-state index in [2.05, 4.69) is 49.2 Å². The molecule has 0 aliphatic carbocycles. The van der Waals surface area contributed by atoms with Crippen molar-refractivity contribution in [3.8, 4) is 39.8 Å². The van der Waals surface area contributed by atoms with Crippen molar-refractivity contribution in [2.45, 2.75) is 35.5 Å². The van der Waals surface area contributed by atoms with Crippen molar-refractivity contribution in [1.29, 1.82) is 0 Å². The first-order valence-electron chi connectivity index (χ1n) is 26.1. The van der Waals surface area contributed by atoms with Gasteiger partial charge in [0.05, 0.1) is 46.4 Å². The molecule has 0 saturated heterocycles. The molecule has 422 valence electrons. The van der Waals surface area contributed by atoms with Gasteiger partial charge in [0, 0.05) is 61.4 Å². The summed E-state index contributed by atoms with van der Waals surface area (Å²) in [5.74, 6) is -5.97. The van der Waals surface area contributed by atoms with E-state index < -0.39 is 52.1 Å². The maximum absolute atomic E-state index is 12.2. The van der Waals surface area contributed by atoms with Crippen molar-refractivity contribution in [2.75, 3.05) is 0 Å². The number of aliphatic carboxylic acids is 3. The number of carboxylic acid groups (broad SMARTS) is 3. The monoisotopic (exact) mass is 1310 g/mol. The summed E-state index contributed by atoms with van der Waals surface area (Å²) in [7, 11) is 0. The molecule has 18 heteroatoms. The van der Waals surface area contributed by atoms with Crippen LogP contribution in [0.15, 0.2) is 255 Å². The molecule has 85 heavy (non-hydrogen) atoms. The molecule has 3 atom stereocenters. The zero-order chi connectivity index (χ0) is 58.9. The van der Waals surface area contributed by atoms with Gasteiger partial charge in [0.1, 0.15) is 17.2 Å². The third-order valence-electron chi connectivity index (χ3n) is 13.8. The smallest absolute Gasteiger partial charge is 0.548 e. The second-order valence-electron chi connectivity index (χ2n) is 18.9. The van der Waals surface area contributed by atoms with E-state index in [1.165, 1.54) is 36.8 Å². The molecule has 3 aliphatic heterocycles. The molecule has 3 unspecified atom stereocenters. The summed E-state index contributed by atoms with van der Waals surface area (Å²) in [5.41, 5.74) is 0.998. The molecule has 0 fully saturated rings. The van der Waals surface area contributed by atoms with Crippen LogP contribution in [0.25, 0.3) is 22.5 Å². The average molecular weight is 1310 g/mol. The van der Waals surface area contributed by atoms with Crippen LogP contribution >= 0.6 is 0 Å². The second-order valence-corrected chi connectivity index (χ2v) is 18.9. The molecule has 13 rings (SSSR count). The summed E-state index contributed by atoms with van der Waals surface area (Å²) in [6.45, 7) is 0. The molecule has 0 amide bonds. The number of aromatic nitrogens is 5. The van der Waals surface area contributed by atoms with Crippen LogP contribution in [0.5, 0.6) is 17.2 Å². The maximum Gasteiger partial charge on any atom is 3.00 e. The average Bonchev–Trinajstić information content (AvgIpc) is 2.97.